The highest BCUT2D eigenvalue weighted by molar-refractivity contribution is 6.06. The smallest absolute Gasteiger partial charge is 0.410 e. The van der Waals surface area contributed by atoms with Crippen molar-refractivity contribution in [3.63, 3.8) is 0 Å². The molecule has 4 fully saturated rings. The Morgan fingerprint density at radius 1 is 1.04 bits per heavy atom. The van der Waals surface area contributed by atoms with Crippen molar-refractivity contribution in [3.8, 4) is 41.0 Å². The lowest BCUT2D eigenvalue weighted by Crippen LogP contribution is -2.57. The largest absolute Gasteiger partial charge is 0.493 e. The Kier molecular flexibility index (Phi) is 9.61. The van der Waals surface area contributed by atoms with Gasteiger partial charge in [0.05, 0.1) is 41.2 Å². The van der Waals surface area contributed by atoms with Crippen LogP contribution in [0.4, 0.5) is 28.2 Å². The number of ether oxygens (including phenoxy) is 4. The van der Waals surface area contributed by atoms with Crippen molar-refractivity contribution in [2.75, 3.05) is 44.8 Å². The first-order chi connectivity index (χ1) is 27.1. The lowest BCUT2D eigenvalue weighted by atomic mass is 9.92. The van der Waals surface area contributed by atoms with Gasteiger partial charge in [0, 0.05) is 43.9 Å². The minimum atomic E-state index is -1.16. The predicted octanol–water partition coefficient (Wildman–Crippen LogP) is 7.33. The first-order valence-corrected chi connectivity index (χ1v) is 19.1. The molecule has 4 saturated heterocycles. The van der Waals surface area contributed by atoms with Crippen molar-refractivity contribution < 1.29 is 46.1 Å². The molecule has 3 aromatic carbocycles. The molecule has 0 radical (unpaired) electrons. The van der Waals surface area contributed by atoms with Crippen LogP contribution < -0.4 is 19.1 Å². The zero-order chi connectivity index (χ0) is 40.6. The fraction of sp³-hybridized carbons (Fsp3) is 0.476. The third-order valence-electron chi connectivity index (χ3n) is 11.5. The molecule has 4 atom stereocenters. The van der Waals surface area contributed by atoms with E-state index in [2.05, 4.69) is 15.8 Å². The Morgan fingerprint density at radius 2 is 1.77 bits per heavy atom. The number of methoxy groups -OCH3 is 1. The van der Waals surface area contributed by atoms with Crippen LogP contribution in [0.2, 0.25) is 0 Å². The molecule has 11 nitrogen and oxygen atoms in total. The number of esters is 1. The lowest BCUT2D eigenvalue weighted by molar-refractivity contribution is -0.131. The van der Waals surface area contributed by atoms with E-state index >= 15 is 13.2 Å². The molecule has 0 aliphatic carbocycles. The van der Waals surface area contributed by atoms with Crippen molar-refractivity contribution in [3.05, 3.63) is 47.3 Å². The molecular formula is C42H43F4N5O6. The fourth-order valence-electron chi connectivity index (χ4n) is 9.27. The number of halogens is 4. The summed E-state index contributed by atoms with van der Waals surface area (Å²) in [6, 6.07) is 4.29. The van der Waals surface area contributed by atoms with Crippen LogP contribution in [-0.2, 0) is 9.53 Å². The average molecular weight is 790 g/mol. The highest BCUT2D eigenvalue weighted by Crippen LogP contribution is 2.48. The van der Waals surface area contributed by atoms with Crippen LogP contribution in [0, 0.1) is 29.8 Å². The molecule has 0 N–H and O–H groups in total. The maximum atomic E-state index is 17.6. The number of rotatable bonds is 7. The molecule has 4 aliphatic rings. The highest BCUT2D eigenvalue weighted by atomic mass is 19.1. The van der Waals surface area contributed by atoms with Crippen molar-refractivity contribution in [2.45, 2.75) is 89.2 Å². The summed E-state index contributed by atoms with van der Waals surface area (Å²) < 4.78 is 87.9. The Labute approximate surface area is 327 Å². The van der Waals surface area contributed by atoms with Crippen molar-refractivity contribution in [1.82, 2.24) is 19.8 Å². The second kappa shape index (κ2) is 14.2. The van der Waals surface area contributed by atoms with E-state index in [0.717, 1.165) is 12.5 Å². The minimum absolute atomic E-state index is 0.00404. The number of anilines is 1. The molecule has 2 unspecified atom stereocenters. The van der Waals surface area contributed by atoms with Crippen LogP contribution in [0.25, 0.3) is 32.8 Å². The van der Waals surface area contributed by atoms with Crippen LogP contribution in [0.5, 0.6) is 17.5 Å². The molecule has 1 aromatic heterocycles. The molecule has 1 amide bonds. The van der Waals surface area contributed by atoms with Crippen LogP contribution in [-0.4, -0.2) is 101 Å². The van der Waals surface area contributed by atoms with E-state index in [4.69, 9.17) is 30.4 Å². The van der Waals surface area contributed by atoms with Crippen molar-refractivity contribution in [2.24, 2.45) is 0 Å². The Hall–Kier alpha value is -5.36. The summed E-state index contributed by atoms with van der Waals surface area (Å²) in [5.41, 5.74) is -2.81. The third kappa shape index (κ3) is 6.71. The standard InChI is InChI=1S/C42H43F4N5O6/c1-7-28-30(44)12-9-23-15-27(56-22(2)52)16-29(31(23)28)32-34(45)36-33(37(54-6)35(32)46)38(48-39(47-36)55-21-42-13-8-14-50(42)18-24(43)17-42)49-19-25-10-11-26(20-49)51(25)40(53)57-41(3,4)5/h1,9,12,15-16,24-26H,8,10-11,13-14,17-21H2,2-6H3/t24-,25?,26?,42+/m1/s1. The lowest BCUT2D eigenvalue weighted by Gasteiger charge is -2.42. The van der Waals surface area contributed by atoms with Gasteiger partial charge in [-0.15, -0.1) is 6.42 Å². The number of alkyl halides is 1. The molecule has 4 aromatic rings. The van der Waals surface area contributed by atoms with Gasteiger partial charge in [-0.25, -0.2) is 22.4 Å². The molecule has 5 heterocycles. The molecule has 0 spiro atoms. The maximum absolute atomic E-state index is 17.6. The van der Waals surface area contributed by atoms with Crippen LogP contribution in [0.1, 0.15) is 65.4 Å². The van der Waals surface area contributed by atoms with Gasteiger partial charge >= 0.3 is 18.1 Å². The van der Waals surface area contributed by atoms with Gasteiger partial charge in [-0.2, -0.15) is 9.97 Å². The number of hydrogen-bond acceptors (Lipinski definition) is 10. The van der Waals surface area contributed by atoms with Gasteiger partial charge in [0.2, 0.25) is 0 Å². The van der Waals surface area contributed by atoms with Gasteiger partial charge in [0.1, 0.15) is 41.3 Å². The Balaban J connectivity index is 1.32. The molecular weight excluding hydrogens is 746 g/mol. The van der Waals surface area contributed by atoms with E-state index in [1.54, 1.807) is 25.7 Å². The summed E-state index contributed by atoms with van der Waals surface area (Å²) in [4.78, 5) is 40.3. The maximum Gasteiger partial charge on any atom is 0.410 e. The van der Waals surface area contributed by atoms with E-state index in [1.165, 1.54) is 32.2 Å². The van der Waals surface area contributed by atoms with Gasteiger partial charge in [0.25, 0.3) is 0 Å². The second-order valence-corrected chi connectivity index (χ2v) is 16.4. The van der Waals surface area contributed by atoms with Crippen LogP contribution in [0.3, 0.4) is 0 Å². The number of fused-ring (bicyclic) bond motifs is 5. The highest BCUT2D eigenvalue weighted by Gasteiger charge is 2.50. The topological polar surface area (TPSA) is 107 Å². The summed E-state index contributed by atoms with van der Waals surface area (Å²) in [6.45, 7) is 8.08. The average Bonchev–Trinajstić information content (AvgIpc) is 3.76. The third-order valence-corrected chi connectivity index (χ3v) is 11.5. The number of amides is 1. The van der Waals surface area contributed by atoms with E-state index in [9.17, 15) is 14.0 Å². The van der Waals surface area contributed by atoms with E-state index in [1.807, 2.05) is 4.90 Å². The van der Waals surface area contributed by atoms with Gasteiger partial charge in [-0.1, -0.05) is 12.0 Å². The summed E-state index contributed by atoms with van der Waals surface area (Å²) in [6.07, 6.45) is 7.44. The van der Waals surface area contributed by atoms with Gasteiger partial charge in [-0.3, -0.25) is 14.6 Å². The van der Waals surface area contributed by atoms with Crippen LogP contribution in [0.15, 0.2) is 24.3 Å². The molecule has 4 aliphatic heterocycles. The Morgan fingerprint density at radius 3 is 2.44 bits per heavy atom. The fourth-order valence-corrected chi connectivity index (χ4v) is 9.27. The molecule has 2 bridgehead atoms. The zero-order valence-electron chi connectivity index (χ0n) is 32.4. The van der Waals surface area contributed by atoms with Gasteiger partial charge in [-0.05, 0) is 76.6 Å². The van der Waals surface area contributed by atoms with E-state index in [-0.39, 0.29) is 95.1 Å². The summed E-state index contributed by atoms with van der Waals surface area (Å²) in [5, 5.41) is 0.156. The zero-order valence-corrected chi connectivity index (χ0v) is 32.4. The number of benzene rings is 3. The number of hydrogen-bond donors (Lipinski definition) is 0. The number of terminal acetylenes is 1. The molecule has 8 rings (SSSR count). The molecule has 300 valence electrons. The second-order valence-electron chi connectivity index (χ2n) is 16.4. The number of carbonyl (C=O) groups is 2. The number of carbonyl (C=O) groups excluding carboxylic acids is 2. The number of piperazine rings is 1. The number of aromatic nitrogens is 2. The molecule has 0 saturated carbocycles. The first-order valence-electron chi connectivity index (χ1n) is 19.1. The van der Waals surface area contributed by atoms with Gasteiger partial charge in [0.15, 0.2) is 17.4 Å². The summed E-state index contributed by atoms with van der Waals surface area (Å²) in [5.74, 6) is -1.89. The summed E-state index contributed by atoms with van der Waals surface area (Å²) in [7, 11) is 1.22. The monoisotopic (exact) mass is 789 g/mol. The normalized spacial score (nSPS) is 23.2. The van der Waals surface area contributed by atoms with Crippen molar-refractivity contribution >= 4 is 39.6 Å². The predicted molar refractivity (Wildman–Crippen MR) is 204 cm³/mol. The van der Waals surface area contributed by atoms with E-state index in [0.29, 0.717) is 25.8 Å². The van der Waals surface area contributed by atoms with Gasteiger partial charge < -0.3 is 23.8 Å². The van der Waals surface area contributed by atoms with Crippen LogP contribution >= 0.6 is 0 Å². The summed E-state index contributed by atoms with van der Waals surface area (Å²) >= 11 is 0. The quantitative estimate of drug-likeness (QED) is 0.0819. The van der Waals surface area contributed by atoms with Crippen molar-refractivity contribution in [1.29, 1.82) is 0 Å². The molecule has 15 heteroatoms. The molecule has 57 heavy (non-hydrogen) atoms. The SMILES string of the molecule is C#Cc1c(F)ccc2cc(OC(C)=O)cc(-c3c(F)c(OC)c4c(N5CC6CCC(C5)N6C(=O)OC(C)(C)C)nc(OC[C@@]56CCCN5C[C@H](F)C6)nc4c3F)c12. The van der Waals surface area contributed by atoms with E-state index < -0.39 is 58.1 Å². The first kappa shape index (κ1) is 38.5. The Bertz CT molecular complexity index is 2350. The number of nitrogens with zero attached hydrogens (tertiary/aromatic N) is 5. The minimum Gasteiger partial charge on any atom is -0.493 e.